The summed E-state index contributed by atoms with van der Waals surface area (Å²) < 4.78 is 10.6. The Labute approximate surface area is 162 Å². The molecule has 0 bridgehead atoms. The lowest BCUT2D eigenvalue weighted by Gasteiger charge is -2.35. The van der Waals surface area contributed by atoms with Crippen LogP contribution in [0.5, 0.6) is 0 Å². The van der Waals surface area contributed by atoms with Crippen molar-refractivity contribution in [1.82, 2.24) is 15.0 Å². The lowest BCUT2D eigenvalue weighted by molar-refractivity contribution is 0.0714. The van der Waals surface area contributed by atoms with Crippen LogP contribution in [0.2, 0.25) is 0 Å². The SMILES string of the molecule is O=C(c1ccco1)N1CCN(c2ccc(-c3noc(C4CCC4)n3)cc2)CC1. The highest BCUT2D eigenvalue weighted by Crippen LogP contribution is 2.36. The number of anilines is 1. The Kier molecular flexibility index (Phi) is 4.35. The third kappa shape index (κ3) is 3.17. The molecule has 1 amide bonds. The van der Waals surface area contributed by atoms with Crippen LogP contribution in [0.25, 0.3) is 11.4 Å². The van der Waals surface area contributed by atoms with Gasteiger partial charge in [0.05, 0.1) is 6.26 Å². The third-order valence-electron chi connectivity index (χ3n) is 5.69. The minimum absolute atomic E-state index is 0.0422. The molecule has 1 aliphatic carbocycles. The van der Waals surface area contributed by atoms with Crippen LogP contribution in [0.4, 0.5) is 5.69 Å². The van der Waals surface area contributed by atoms with E-state index in [4.69, 9.17) is 8.94 Å². The molecule has 2 fully saturated rings. The van der Waals surface area contributed by atoms with Crippen molar-refractivity contribution in [1.29, 1.82) is 0 Å². The van der Waals surface area contributed by atoms with Gasteiger partial charge in [-0.25, -0.2) is 0 Å². The molecular weight excluding hydrogens is 356 g/mol. The molecule has 144 valence electrons. The molecule has 2 aliphatic rings. The molecular formula is C21H22N4O3. The molecule has 28 heavy (non-hydrogen) atoms. The molecule has 7 heteroatoms. The fourth-order valence-corrected chi connectivity index (χ4v) is 3.72. The average Bonchev–Trinajstić information content (AvgIpc) is 3.39. The van der Waals surface area contributed by atoms with Crippen LogP contribution in [0.1, 0.15) is 41.6 Å². The minimum Gasteiger partial charge on any atom is -0.459 e. The van der Waals surface area contributed by atoms with E-state index in [1.54, 1.807) is 12.1 Å². The largest absolute Gasteiger partial charge is 0.459 e. The van der Waals surface area contributed by atoms with Crippen LogP contribution in [-0.2, 0) is 0 Å². The lowest BCUT2D eigenvalue weighted by Crippen LogP contribution is -2.48. The number of amides is 1. The first-order valence-electron chi connectivity index (χ1n) is 9.80. The maximum atomic E-state index is 12.4. The molecule has 1 aromatic carbocycles. The van der Waals surface area contributed by atoms with Crippen molar-refractivity contribution in [2.45, 2.75) is 25.2 Å². The lowest BCUT2D eigenvalue weighted by atomic mass is 9.85. The Morgan fingerprint density at radius 3 is 2.46 bits per heavy atom. The standard InChI is InChI=1S/C21H22N4O3/c26-21(18-5-2-14-27-18)25-12-10-24(11-13-25)17-8-6-15(7-9-17)19-22-20(28-23-19)16-3-1-4-16/h2,5-9,14,16H,1,3-4,10-13H2. The van der Waals surface area contributed by atoms with E-state index in [0.717, 1.165) is 43.1 Å². The van der Waals surface area contributed by atoms with Gasteiger partial charge in [0.2, 0.25) is 11.7 Å². The first kappa shape index (κ1) is 17.0. The van der Waals surface area contributed by atoms with Crippen molar-refractivity contribution in [2.24, 2.45) is 0 Å². The van der Waals surface area contributed by atoms with Gasteiger partial charge in [-0.1, -0.05) is 11.6 Å². The van der Waals surface area contributed by atoms with Crippen molar-refractivity contribution < 1.29 is 13.7 Å². The molecule has 0 N–H and O–H groups in total. The second-order valence-corrected chi connectivity index (χ2v) is 7.39. The molecule has 1 saturated heterocycles. The van der Waals surface area contributed by atoms with Gasteiger partial charge in [0.25, 0.3) is 5.91 Å². The third-order valence-corrected chi connectivity index (χ3v) is 5.69. The van der Waals surface area contributed by atoms with E-state index in [2.05, 4.69) is 27.2 Å². The molecule has 7 nitrogen and oxygen atoms in total. The smallest absolute Gasteiger partial charge is 0.289 e. The summed E-state index contributed by atoms with van der Waals surface area (Å²) in [5.41, 5.74) is 2.10. The van der Waals surface area contributed by atoms with Crippen LogP contribution < -0.4 is 4.90 Å². The monoisotopic (exact) mass is 378 g/mol. The maximum Gasteiger partial charge on any atom is 0.289 e. The van der Waals surface area contributed by atoms with Crippen molar-refractivity contribution in [3.8, 4) is 11.4 Å². The maximum absolute atomic E-state index is 12.4. The van der Waals surface area contributed by atoms with E-state index in [1.807, 2.05) is 17.0 Å². The van der Waals surface area contributed by atoms with Gasteiger partial charge in [-0.05, 0) is 49.2 Å². The van der Waals surface area contributed by atoms with Crippen molar-refractivity contribution in [3.05, 3.63) is 54.3 Å². The number of hydrogen-bond acceptors (Lipinski definition) is 6. The molecule has 0 spiro atoms. The van der Waals surface area contributed by atoms with E-state index >= 15 is 0 Å². The van der Waals surface area contributed by atoms with Crippen molar-refractivity contribution in [3.63, 3.8) is 0 Å². The number of hydrogen-bond donors (Lipinski definition) is 0. The Hall–Kier alpha value is -3.09. The second-order valence-electron chi connectivity index (χ2n) is 7.39. The highest BCUT2D eigenvalue weighted by molar-refractivity contribution is 5.91. The number of carbonyl (C=O) groups is 1. The summed E-state index contributed by atoms with van der Waals surface area (Å²) in [4.78, 5) is 21.0. The van der Waals surface area contributed by atoms with Gasteiger partial charge in [-0.2, -0.15) is 4.98 Å². The van der Waals surface area contributed by atoms with Gasteiger partial charge < -0.3 is 18.7 Å². The summed E-state index contributed by atoms with van der Waals surface area (Å²) in [6, 6.07) is 11.7. The fourth-order valence-electron chi connectivity index (χ4n) is 3.72. The van der Waals surface area contributed by atoms with Gasteiger partial charge in [0.1, 0.15) is 0 Å². The van der Waals surface area contributed by atoms with Gasteiger partial charge in [-0.3, -0.25) is 4.79 Å². The van der Waals surface area contributed by atoms with Crippen LogP contribution in [0, 0.1) is 0 Å². The number of carbonyl (C=O) groups excluding carboxylic acids is 1. The van der Waals surface area contributed by atoms with Gasteiger partial charge in [-0.15, -0.1) is 0 Å². The summed E-state index contributed by atoms with van der Waals surface area (Å²) in [5, 5.41) is 4.13. The zero-order valence-electron chi connectivity index (χ0n) is 15.6. The molecule has 0 unspecified atom stereocenters. The molecule has 1 aliphatic heterocycles. The molecule has 3 heterocycles. The molecule has 2 aromatic heterocycles. The highest BCUT2D eigenvalue weighted by atomic mass is 16.5. The Balaban J connectivity index is 1.22. The number of aromatic nitrogens is 2. The summed E-state index contributed by atoms with van der Waals surface area (Å²) in [5.74, 6) is 2.23. The fraction of sp³-hybridized carbons (Fsp3) is 0.381. The van der Waals surface area contributed by atoms with Gasteiger partial charge >= 0.3 is 0 Å². The number of benzene rings is 1. The minimum atomic E-state index is -0.0422. The average molecular weight is 378 g/mol. The molecule has 0 radical (unpaired) electrons. The van der Waals surface area contributed by atoms with Crippen molar-refractivity contribution in [2.75, 3.05) is 31.1 Å². The van der Waals surface area contributed by atoms with Crippen LogP contribution in [0.3, 0.4) is 0 Å². The molecule has 3 aromatic rings. The Morgan fingerprint density at radius 1 is 1.04 bits per heavy atom. The number of nitrogens with zero attached hydrogens (tertiary/aromatic N) is 4. The predicted octanol–water partition coefficient (Wildman–Crippen LogP) is 3.56. The first-order valence-corrected chi connectivity index (χ1v) is 9.80. The number of furan rings is 1. The molecule has 5 rings (SSSR count). The predicted molar refractivity (Wildman–Crippen MR) is 103 cm³/mol. The number of piperazine rings is 1. The normalized spacial score (nSPS) is 17.6. The zero-order valence-corrected chi connectivity index (χ0v) is 15.6. The summed E-state index contributed by atoms with van der Waals surface area (Å²) >= 11 is 0. The van der Waals surface area contributed by atoms with Gasteiger partial charge in [0.15, 0.2) is 5.76 Å². The first-order chi connectivity index (χ1) is 13.8. The molecule has 1 saturated carbocycles. The number of rotatable bonds is 4. The second kappa shape index (κ2) is 7.14. The molecule has 0 atom stereocenters. The van der Waals surface area contributed by atoms with E-state index in [1.165, 1.54) is 12.7 Å². The summed E-state index contributed by atoms with van der Waals surface area (Å²) in [6.45, 7) is 2.94. The van der Waals surface area contributed by atoms with Crippen LogP contribution >= 0.6 is 0 Å². The highest BCUT2D eigenvalue weighted by Gasteiger charge is 2.26. The van der Waals surface area contributed by atoms with Crippen LogP contribution in [0.15, 0.2) is 51.6 Å². The topological polar surface area (TPSA) is 75.6 Å². The van der Waals surface area contributed by atoms with Crippen LogP contribution in [-0.4, -0.2) is 47.1 Å². The quantitative estimate of drug-likeness (QED) is 0.691. The van der Waals surface area contributed by atoms with E-state index in [9.17, 15) is 4.79 Å². The Bertz CT molecular complexity index is 936. The van der Waals surface area contributed by atoms with E-state index in [-0.39, 0.29) is 5.91 Å². The zero-order chi connectivity index (χ0) is 18.9. The van der Waals surface area contributed by atoms with Gasteiger partial charge in [0, 0.05) is 43.3 Å². The summed E-state index contributed by atoms with van der Waals surface area (Å²) in [6.07, 6.45) is 5.07. The van der Waals surface area contributed by atoms with E-state index < -0.39 is 0 Å². The summed E-state index contributed by atoms with van der Waals surface area (Å²) in [7, 11) is 0. The van der Waals surface area contributed by atoms with E-state index in [0.29, 0.717) is 30.6 Å². The van der Waals surface area contributed by atoms with Crippen molar-refractivity contribution >= 4 is 11.6 Å². The Morgan fingerprint density at radius 2 is 1.82 bits per heavy atom.